The quantitative estimate of drug-likeness (QED) is 0.397. The van der Waals surface area contributed by atoms with E-state index in [1.807, 2.05) is 43.5 Å². The number of aryl methyl sites for hydroxylation is 1. The van der Waals surface area contributed by atoms with Crippen LogP contribution in [0.3, 0.4) is 0 Å². The molecule has 4 aromatic heterocycles. The minimum atomic E-state index is 0.309. The van der Waals surface area contributed by atoms with Crippen molar-refractivity contribution in [2.45, 2.75) is 39.7 Å². The Balaban J connectivity index is 1.52. The first-order chi connectivity index (χ1) is 15.1. The Labute approximate surface area is 178 Å². The van der Waals surface area contributed by atoms with Crippen molar-refractivity contribution in [2.75, 3.05) is 0 Å². The van der Waals surface area contributed by atoms with Gasteiger partial charge < -0.3 is 9.26 Å². The molecule has 0 fully saturated rings. The second kappa shape index (κ2) is 7.79. The zero-order chi connectivity index (χ0) is 21.4. The Bertz CT molecular complexity index is 1360. The van der Waals surface area contributed by atoms with E-state index in [4.69, 9.17) is 9.26 Å². The predicted molar refractivity (Wildman–Crippen MR) is 116 cm³/mol. The van der Waals surface area contributed by atoms with Crippen molar-refractivity contribution in [1.29, 1.82) is 0 Å². The molecule has 0 saturated carbocycles. The monoisotopic (exact) mass is 414 g/mol. The maximum absolute atomic E-state index is 6.11. The number of nitrogens with zero attached hydrogens (tertiary/aromatic N) is 6. The van der Waals surface area contributed by atoms with E-state index in [1.165, 1.54) is 5.56 Å². The Morgan fingerprint density at radius 2 is 1.94 bits per heavy atom. The summed E-state index contributed by atoms with van der Waals surface area (Å²) in [5.41, 5.74) is 3.28. The van der Waals surface area contributed by atoms with Crippen LogP contribution >= 0.6 is 0 Å². The summed E-state index contributed by atoms with van der Waals surface area (Å²) >= 11 is 0. The summed E-state index contributed by atoms with van der Waals surface area (Å²) in [6, 6.07) is 13.8. The molecular formula is C23H22N6O2. The third kappa shape index (κ3) is 3.50. The number of aromatic nitrogens is 6. The number of benzene rings is 1. The van der Waals surface area contributed by atoms with Gasteiger partial charge in [-0.3, -0.25) is 4.98 Å². The summed E-state index contributed by atoms with van der Waals surface area (Å²) in [5.74, 6) is 2.16. The van der Waals surface area contributed by atoms with Crippen molar-refractivity contribution < 1.29 is 9.26 Å². The van der Waals surface area contributed by atoms with Crippen LogP contribution in [0.5, 0.6) is 5.88 Å². The summed E-state index contributed by atoms with van der Waals surface area (Å²) in [5, 5.41) is 19.1. The molecule has 8 heteroatoms. The van der Waals surface area contributed by atoms with Crippen molar-refractivity contribution in [3.05, 3.63) is 65.7 Å². The summed E-state index contributed by atoms with van der Waals surface area (Å²) < 4.78 is 13.0. The number of hydrogen-bond acceptors (Lipinski definition) is 7. The average Bonchev–Trinajstić information content (AvgIpc) is 3.43. The van der Waals surface area contributed by atoms with E-state index >= 15 is 0 Å². The van der Waals surface area contributed by atoms with Crippen LogP contribution in [0.15, 0.2) is 53.2 Å². The largest absolute Gasteiger partial charge is 0.470 e. The Kier molecular flexibility index (Phi) is 4.82. The lowest BCUT2D eigenvalue weighted by Gasteiger charge is -2.11. The molecule has 0 aliphatic carbocycles. The van der Waals surface area contributed by atoms with Gasteiger partial charge in [0.05, 0.1) is 5.69 Å². The zero-order valence-electron chi connectivity index (χ0n) is 17.6. The van der Waals surface area contributed by atoms with Gasteiger partial charge >= 0.3 is 0 Å². The van der Waals surface area contributed by atoms with Crippen LogP contribution in [-0.2, 0) is 6.61 Å². The van der Waals surface area contributed by atoms with Gasteiger partial charge in [0.1, 0.15) is 12.4 Å². The molecule has 8 nitrogen and oxygen atoms in total. The second-order valence-electron chi connectivity index (χ2n) is 7.61. The highest BCUT2D eigenvalue weighted by atomic mass is 16.5. The number of pyridine rings is 1. The highest BCUT2D eigenvalue weighted by Gasteiger charge is 2.18. The molecule has 31 heavy (non-hydrogen) atoms. The molecule has 1 unspecified atom stereocenters. The molecule has 4 heterocycles. The molecule has 0 aliphatic heterocycles. The molecule has 0 amide bonds. The molecule has 5 aromatic rings. The van der Waals surface area contributed by atoms with Crippen LogP contribution < -0.4 is 4.74 Å². The fourth-order valence-electron chi connectivity index (χ4n) is 3.48. The van der Waals surface area contributed by atoms with E-state index in [-0.39, 0.29) is 0 Å². The zero-order valence-corrected chi connectivity index (χ0v) is 17.6. The van der Waals surface area contributed by atoms with Crippen molar-refractivity contribution in [3.63, 3.8) is 0 Å². The molecule has 0 saturated heterocycles. The third-order valence-electron chi connectivity index (χ3n) is 5.47. The van der Waals surface area contributed by atoms with E-state index in [1.54, 1.807) is 10.6 Å². The molecular weight excluding hydrogens is 392 g/mol. The third-order valence-corrected chi connectivity index (χ3v) is 5.47. The highest BCUT2D eigenvalue weighted by molar-refractivity contribution is 5.96. The Morgan fingerprint density at radius 3 is 2.65 bits per heavy atom. The van der Waals surface area contributed by atoms with Gasteiger partial charge in [-0.25, -0.2) is 0 Å². The van der Waals surface area contributed by atoms with Gasteiger partial charge in [0.2, 0.25) is 11.7 Å². The van der Waals surface area contributed by atoms with Crippen LogP contribution in [0.1, 0.15) is 43.2 Å². The molecule has 1 aromatic carbocycles. The lowest BCUT2D eigenvalue weighted by Crippen LogP contribution is -2.05. The van der Waals surface area contributed by atoms with E-state index in [2.05, 4.69) is 45.4 Å². The van der Waals surface area contributed by atoms with Gasteiger partial charge in [0, 0.05) is 23.0 Å². The minimum absolute atomic E-state index is 0.309. The van der Waals surface area contributed by atoms with E-state index in [0.717, 1.165) is 22.9 Å². The maximum atomic E-state index is 6.11. The fraction of sp³-hybridized carbons (Fsp3) is 0.261. The minimum Gasteiger partial charge on any atom is -0.470 e. The van der Waals surface area contributed by atoms with Crippen LogP contribution in [0.4, 0.5) is 0 Å². The van der Waals surface area contributed by atoms with Crippen LogP contribution in [-0.4, -0.2) is 30.0 Å². The number of hydrogen-bond donors (Lipinski definition) is 0. The predicted octanol–water partition coefficient (Wildman–Crippen LogP) is 4.73. The molecule has 0 radical (unpaired) electrons. The summed E-state index contributed by atoms with van der Waals surface area (Å²) in [6.07, 6.45) is 3.01. The van der Waals surface area contributed by atoms with Crippen molar-refractivity contribution in [2.24, 2.45) is 0 Å². The van der Waals surface area contributed by atoms with Gasteiger partial charge in [-0.05, 0) is 37.0 Å². The Morgan fingerprint density at radius 1 is 1.10 bits per heavy atom. The van der Waals surface area contributed by atoms with Crippen molar-refractivity contribution in [3.8, 4) is 17.4 Å². The van der Waals surface area contributed by atoms with Crippen molar-refractivity contribution in [1.82, 2.24) is 30.0 Å². The first kappa shape index (κ1) is 19.2. The number of rotatable bonds is 6. The molecule has 0 bridgehead atoms. The van der Waals surface area contributed by atoms with Crippen LogP contribution in [0, 0.1) is 6.92 Å². The average molecular weight is 414 g/mol. The van der Waals surface area contributed by atoms with Gasteiger partial charge in [-0.2, -0.15) is 4.52 Å². The lowest BCUT2D eigenvalue weighted by molar-refractivity contribution is 0.289. The fourth-order valence-corrected chi connectivity index (χ4v) is 3.48. The first-order valence-electron chi connectivity index (χ1n) is 10.3. The summed E-state index contributed by atoms with van der Waals surface area (Å²) in [7, 11) is 0. The topological polar surface area (TPSA) is 91.2 Å². The standard InChI is InChI=1S/C23H22N6O2/c1-4-14(2)16-9-10-17(24-12-16)13-30-23-19-8-6-5-7-18(19)21-25-26-22(29(21)27-23)20-11-15(3)31-28-20/h5-12,14H,4,13H2,1-3H3. The normalized spacial score (nSPS) is 12.5. The van der Waals surface area contributed by atoms with E-state index in [0.29, 0.717) is 41.3 Å². The second-order valence-corrected chi connectivity index (χ2v) is 7.61. The molecule has 156 valence electrons. The summed E-state index contributed by atoms with van der Waals surface area (Å²) in [6.45, 7) is 6.51. The van der Waals surface area contributed by atoms with Gasteiger partial charge in [0.15, 0.2) is 11.3 Å². The SMILES string of the molecule is CCC(C)c1ccc(COc2nn3c(-c4cc(C)on4)nnc3c3ccccc23)nc1. The van der Waals surface area contributed by atoms with Gasteiger partial charge in [-0.1, -0.05) is 43.3 Å². The van der Waals surface area contributed by atoms with E-state index < -0.39 is 0 Å². The molecule has 0 aliphatic rings. The smallest absolute Gasteiger partial charge is 0.240 e. The lowest BCUT2D eigenvalue weighted by atomic mass is 10.0. The number of fused-ring (bicyclic) bond motifs is 3. The Hall–Kier alpha value is -3.81. The van der Waals surface area contributed by atoms with E-state index in [9.17, 15) is 0 Å². The first-order valence-corrected chi connectivity index (χ1v) is 10.3. The maximum Gasteiger partial charge on any atom is 0.240 e. The molecule has 1 atom stereocenters. The molecule has 5 rings (SSSR count). The summed E-state index contributed by atoms with van der Waals surface area (Å²) in [4.78, 5) is 4.56. The van der Waals surface area contributed by atoms with Crippen molar-refractivity contribution >= 4 is 16.4 Å². The molecule has 0 spiro atoms. The van der Waals surface area contributed by atoms with Gasteiger partial charge in [-0.15, -0.1) is 15.3 Å². The highest BCUT2D eigenvalue weighted by Crippen LogP contribution is 2.29. The van der Waals surface area contributed by atoms with Crippen LogP contribution in [0.2, 0.25) is 0 Å². The number of ether oxygens (including phenoxy) is 1. The molecule has 0 N–H and O–H groups in total. The van der Waals surface area contributed by atoms with Gasteiger partial charge in [0.25, 0.3) is 0 Å². The van der Waals surface area contributed by atoms with Crippen LogP contribution in [0.25, 0.3) is 27.9 Å².